The van der Waals surface area contributed by atoms with E-state index in [2.05, 4.69) is 26.0 Å². The highest BCUT2D eigenvalue weighted by Crippen LogP contribution is 2.52. The summed E-state index contributed by atoms with van der Waals surface area (Å²) in [5.74, 6) is 1.75. The highest BCUT2D eigenvalue weighted by Gasteiger charge is 2.40. The van der Waals surface area contributed by atoms with Crippen molar-refractivity contribution in [2.75, 3.05) is 57.7 Å². The van der Waals surface area contributed by atoms with Gasteiger partial charge in [0.1, 0.15) is 29.6 Å². The number of thiophene rings is 1. The van der Waals surface area contributed by atoms with Crippen LogP contribution in [0.15, 0.2) is 53.9 Å². The van der Waals surface area contributed by atoms with Crippen LogP contribution in [0.2, 0.25) is 0 Å². The lowest BCUT2D eigenvalue weighted by Crippen LogP contribution is -2.48. The highest BCUT2D eigenvalue weighted by atomic mass is 32.2. The third kappa shape index (κ3) is 5.41. The van der Waals surface area contributed by atoms with E-state index in [1.165, 1.54) is 0 Å². The predicted molar refractivity (Wildman–Crippen MR) is 170 cm³/mol. The zero-order valence-corrected chi connectivity index (χ0v) is 26.3. The van der Waals surface area contributed by atoms with Crippen molar-refractivity contribution in [1.82, 2.24) is 14.7 Å². The number of amides is 2. The predicted octanol–water partition coefficient (Wildman–Crippen LogP) is 5.26. The number of anilines is 1. The first-order chi connectivity index (χ1) is 20.9. The molecule has 2 aromatic heterocycles. The maximum absolute atomic E-state index is 14.1. The van der Waals surface area contributed by atoms with Gasteiger partial charge in [-0.3, -0.25) is 14.5 Å². The maximum Gasteiger partial charge on any atom is 0.242 e. The van der Waals surface area contributed by atoms with Gasteiger partial charge in [-0.1, -0.05) is 24.3 Å². The van der Waals surface area contributed by atoms with E-state index in [1.54, 1.807) is 47.1 Å². The van der Waals surface area contributed by atoms with Crippen molar-refractivity contribution in [3.8, 4) is 28.4 Å². The molecule has 0 N–H and O–H groups in total. The summed E-state index contributed by atoms with van der Waals surface area (Å²) in [6.07, 6.45) is 0. The van der Waals surface area contributed by atoms with Crippen LogP contribution in [0.1, 0.15) is 26.8 Å². The third-order valence-electron chi connectivity index (χ3n) is 8.02. The third-order valence-corrected chi connectivity index (χ3v) is 10.3. The second-order valence-electron chi connectivity index (χ2n) is 10.4. The number of morpholine rings is 1. The van der Waals surface area contributed by atoms with Gasteiger partial charge in [0.2, 0.25) is 11.8 Å². The van der Waals surface area contributed by atoms with Gasteiger partial charge in [-0.2, -0.15) is 5.10 Å². The number of fused-ring (bicyclic) bond motifs is 1. The zero-order valence-electron chi connectivity index (χ0n) is 24.7. The number of benzene rings is 2. The monoisotopic (exact) mass is 618 g/mol. The van der Waals surface area contributed by atoms with Gasteiger partial charge in [0.05, 0.1) is 49.7 Å². The lowest BCUT2D eigenvalue weighted by atomic mass is 10.0. The smallest absolute Gasteiger partial charge is 0.242 e. The number of hydrogen-bond donors (Lipinski definition) is 0. The molecule has 4 heterocycles. The van der Waals surface area contributed by atoms with Gasteiger partial charge >= 0.3 is 0 Å². The molecule has 1 unspecified atom stereocenters. The quantitative estimate of drug-likeness (QED) is 0.279. The van der Waals surface area contributed by atoms with Crippen LogP contribution in [-0.4, -0.2) is 79.3 Å². The molecule has 2 aromatic carbocycles. The van der Waals surface area contributed by atoms with Crippen LogP contribution >= 0.6 is 23.1 Å². The van der Waals surface area contributed by atoms with Crippen LogP contribution in [0.5, 0.6) is 11.5 Å². The summed E-state index contributed by atoms with van der Waals surface area (Å²) in [5.41, 5.74) is 5.15. The minimum Gasteiger partial charge on any atom is -0.496 e. The molecule has 11 heteroatoms. The van der Waals surface area contributed by atoms with Crippen molar-refractivity contribution in [1.29, 1.82) is 0 Å². The molecule has 2 aliphatic heterocycles. The summed E-state index contributed by atoms with van der Waals surface area (Å²) in [7, 11) is 3.25. The van der Waals surface area contributed by atoms with E-state index in [1.807, 2.05) is 46.5 Å². The normalized spacial score (nSPS) is 17.0. The number of carbonyl (C=O) groups is 2. The summed E-state index contributed by atoms with van der Waals surface area (Å²) in [4.78, 5) is 32.3. The van der Waals surface area contributed by atoms with E-state index in [4.69, 9.17) is 19.3 Å². The SMILES string of the molecule is COc1cccc(OC)c1-c1nn(-c2cccc(C)c2C)c2c1C(c1cccs1)SCC(=O)N2CC(=O)N1CCOCC1. The van der Waals surface area contributed by atoms with E-state index in [9.17, 15) is 9.59 Å². The average molecular weight is 619 g/mol. The van der Waals surface area contributed by atoms with Gasteiger partial charge in [-0.05, 0) is 54.6 Å². The molecule has 0 spiro atoms. The molecular formula is C32H34N4O5S2. The Hall–Kier alpha value is -3.80. The lowest BCUT2D eigenvalue weighted by molar-refractivity contribution is -0.134. The van der Waals surface area contributed by atoms with Gasteiger partial charge in [0.25, 0.3) is 0 Å². The van der Waals surface area contributed by atoms with Crippen LogP contribution in [0.3, 0.4) is 0 Å². The molecule has 0 radical (unpaired) electrons. The molecule has 0 aliphatic carbocycles. The molecular weight excluding hydrogens is 585 g/mol. The van der Waals surface area contributed by atoms with Crippen LogP contribution in [0.4, 0.5) is 5.82 Å². The number of hydrogen-bond acceptors (Lipinski definition) is 8. The molecule has 1 fully saturated rings. The van der Waals surface area contributed by atoms with E-state index in [0.717, 1.165) is 27.3 Å². The Labute approximate surface area is 259 Å². The van der Waals surface area contributed by atoms with Gasteiger partial charge in [-0.25, -0.2) is 4.68 Å². The summed E-state index contributed by atoms with van der Waals surface area (Å²) >= 11 is 3.19. The minimum atomic E-state index is -0.217. The number of aryl methyl sites for hydroxylation is 1. The lowest BCUT2D eigenvalue weighted by Gasteiger charge is -2.30. The molecule has 6 rings (SSSR count). The summed E-state index contributed by atoms with van der Waals surface area (Å²) in [5, 5.41) is 7.09. The Balaban J connectivity index is 1.66. The molecule has 4 aromatic rings. The maximum atomic E-state index is 14.1. The number of nitrogens with zero attached hydrogens (tertiary/aromatic N) is 4. The van der Waals surface area contributed by atoms with Gasteiger partial charge < -0.3 is 19.1 Å². The van der Waals surface area contributed by atoms with Gasteiger partial charge in [-0.15, -0.1) is 23.1 Å². The fraction of sp³-hybridized carbons (Fsp3) is 0.344. The second-order valence-corrected chi connectivity index (χ2v) is 12.5. The molecule has 1 saturated heterocycles. The number of rotatable bonds is 7. The van der Waals surface area contributed by atoms with Crippen molar-refractivity contribution < 1.29 is 23.8 Å². The second kappa shape index (κ2) is 12.4. The first-order valence-corrected chi connectivity index (χ1v) is 16.1. The van der Waals surface area contributed by atoms with Crippen LogP contribution in [-0.2, 0) is 14.3 Å². The molecule has 9 nitrogen and oxygen atoms in total. The Kier molecular flexibility index (Phi) is 8.47. The van der Waals surface area contributed by atoms with Crippen molar-refractivity contribution in [2.24, 2.45) is 0 Å². The molecule has 224 valence electrons. The van der Waals surface area contributed by atoms with E-state index < -0.39 is 0 Å². The van der Waals surface area contributed by atoms with Crippen molar-refractivity contribution >= 4 is 40.7 Å². The highest BCUT2D eigenvalue weighted by molar-refractivity contribution is 8.00. The van der Waals surface area contributed by atoms with E-state index in [-0.39, 0.29) is 29.4 Å². The number of ether oxygens (including phenoxy) is 3. The fourth-order valence-corrected chi connectivity index (χ4v) is 7.81. The van der Waals surface area contributed by atoms with Gasteiger partial charge in [0, 0.05) is 23.5 Å². The van der Waals surface area contributed by atoms with E-state index >= 15 is 0 Å². The molecule has 1 atom stereocenters. The molecule has 43 heavy (non-hydrogen) atoms. The van der Waals surface area contributed by atoms with Crippen LogP contribution in [0, 0.1) is 13.8 Å². The largest absolute Gasteiger partial charge is 0.496 e. The fourth-order valence-electron chi connectivity index (χ4n) is 5.63. The minimum absolute atomic E-state index is 0.0946. The number of carbonyl (C=O) groups excluding carboxylic acids is 2. The van der Waals surface area contributed by atoms with Crippen molar-refractivity contribution in [2.45, 2.75) is 19.1 Å². The van der Waals surface area contributed by atoms with Crippen molar-refractivity contribution in [3.63, 3.8) is 0 Å². The number of thioether (sulfide) groups is 1. The Morgan fingerprint density at radius 1 is 1.02 bits per heavy atom. The molecule has 2 aliphatic rings. The Bertz CT molecular complexity index is 1620. The average Bonchev–Trinajstić information content (AvgIpc) is 3.67. The van der Waals surface area contributed by atoms with Crippen LogP contribution < -0.4 is 14.4 Å². The summed E-state index contributed by atoms with van der Waals surface area (Å²) in [6, 6.07) is 15.8. The molecule has 0 bridgehead atoms. The van der Waals surface area contributed by atoms with Crippen molar-refractivity contribution in [3.05, 3.63) is 75.5 Å². The summed E-state index contributed by atoms with van der Waals surface area (Å²) < 4.78 is 19.0. The first kappa shape index (κ1) is 29.3. The standard InChI is InChI=1S/C32H34N4O5S2/c1-20-8-5-9-22(21(20)2)36-32-29(30(33-36)28-23(39-3)10-6-11-24(28)40-4)31(25-12-7-17-42-25)43-19-27(38)35(32)18-26(37)34-13-15-41-16-14-34/h5-12,17,31H,13-16,18-19H2,1-4H3. The van der Waals surface area contributed by atoms with Crippen LogP contribution in [0.25, 0.3) is 16.9 Å². The Morgan fingerprint density at radius 2 is 1.74 bits per heavy atom. The number of methoxy groups -OCH3 is 2. The molecule has 2 amide bonds. The first-order valence-electron chi connectivity index (χ1n) is 14.1. The summed E-state index contributed by atoms with van der Waals surface area (Å²) in [6.45, 7) is 5.98. The topological polar surface area (TPSA) is 86.1 Å². The molecule has 0 saturated carbocycles. The van der Waals surface area contributed by atoms with Gasteiger partial charge in [0.15, 0.2) is 0 Å². The Morgan fingerprint density at radius 3 is 2.42 bits per heavy atom. The van der Waals surface area contributed by atoms with E-state index in [0.29, 0.717) is 54.9 Å². The zero-order chi connectivity index (χ0) is 30.1. The number of aromatic nitrogens is 2.